The monoisotopic (exact) mass is 345 g/mol. The number of rotatable bonds is 5. The molecule has 0 aliphatic rings. The van der Waals surface area contributed by atoms with Gasteiger partial charge in [-0.25, -0.2) is 4.39 Å². The summed E-state index contributed by atoms with van der Waals surface area (Å²) in [7, 11) is 0. The Morgan fingerprint density at radius 2 is 1.42 bits per heavy atom. The molecule has 0 spiro atoms. The molecular formula is C20H24FNOS. The largest absolute Gasteiger partial charge is 0.325 e. The van der Waals surface area contributed by atoms with Crippen molar-refractivity contribution in [1.29, 1.82) is 0 Å². The number of hydrogen-bond donors (Lipinski definition) is 1. The van der Waals surface area contributed by atoms with E-state index >= 15 is 0 Å². The Balaban J connectivity index is 1.97. The minimum atomic E-state index is -0.307. The third-order valence-electron chi connectivity index (χ3n) is 4.76. The molecule has 0 radical (unpaired) electrons. The number of nitrogens with one attached hydrogen (secondary N) is 1. The van der Waals surface area contributed by atoms with E-state index in [2.05, 4.69) is 39.9 Å². The van der Waals surface area contributed by atoms with E-state index < -0.39 is 0 Å². The van der Waals surface area contributed by atoms with Gasteiger partial charge in [0, 0.05) is 11.4 Å². The van der Waals surface area contributed by atoms with Crippen LogP contribution >= 0.6 is 11.8 Å². The van der Waals surface area contributed by atoms with E-state index in [9.17, 15) is 9.18 Å². The first-order chi connectivity index (χ1) is 11.3. The number of halogens is 1. The lowest BCUT2D eigenvalue weighted by Crippen LogP contribution is -2.14. The third kappa shape index (κ3) is 4.18. The summed E-state index contributed by atoms with van der Waals surface area (Å²) in [4.78, 5) is 12.0. The first-order valence-corrected chi connectivity index (χ1v) is 9.15. The molecule has 0 aliphatic carbocycles. The van der Waals surface area contributed by atoms with Crippen LogP contribution in [0.15, 0.2) is 24.3 Å². The number of amides is 1. The molecule has 0 fully saturated rings. The number of carbonyl (C=O) groups is 1. The average molecular weight is 345 g/mol. The zero-order valence-corrected chi connectivity index (χ0v) is 15.7. The molecule has 4 heteroatoms. The first-order valence-electron chi connectivity index (χ1n) is 8.00. The summed E-state index contributed by atoms with van der Waals surface area (Å²) in [5.41, 5.74) is 8.62. The normalized spacial score (nSPS) is 10.8. The van der Waals surface area contributed by atoms with Crippen LogP contribution in [0.5, 0.6) is 0 Å². The van der Waals surface area contributed by atoms with E-state index in [0.29, 0.717) is 11.4 Å². The number of thioether (sulfide) groups is 1. The molecule has 0 aromatic heterocycles. The van der Waals surface area contributed by atoms with Crippen LogP contribution in [0.25, 0.3) is 0 Å². The Bertz CT molecular complexity index is 724. The van der Waals surface area contributed by atoms with Crippen LogP contribution in [0.3, 0.4) is 0 Å². The highest BCUT2D eigenvalue weighted by Gasteiger charge is 2.13. The minimum Gasteiger partial charge on any atom is -0.325 e. The van der Waals surface area contributed by atoms with Crippen LogP contribution in [0.2, 0.25) is 0 Å². The summed E-state index contributed by atoms with van der Waals surface area (Å²) in [6, 6.07) is 5.82. The van der Waals surface area contributed by atoms with Gasteiger partial charge in [-0.15, -0.1) is 11.8 Å². The standard InChI is InChI=1S/C20H24FNOS/c1-12-13(2)15(4)19(16(5)14(12)3)10-24-11-20(23)22-18-8-6-17(21)7-9-18/h6-9H,10-11H2,1-5H3,(H,22,23). The van der Waals surface area contributed by atoms with Gasteiger partial charge in [-0.2, -0.15) is 0 Å². The number of anilines is 1. The van der Waals surface area contributed by atoms with Gasteiger partial charge in [0.15, 0.2) is 0 Å². The molecular weight excluding hydrogens is 321 g/mol. The van der Waals surface area contributed by atoms with Crippen molar-refractivity contribution in [3.8, 4) is 0 Å². The molecule has 2 aromatic rings. The van der Waals surface area contributed by atoms with Crippen LogP contribution in [-0.4, -0.2) is 11.7 Å². The predicted octanol–water partition coefficient (Wildman–Crippen LogP) is 5.24. The SMILES string of the molecule is Cc1c(C)c(C)c(CSCC(=O)Nc2ccc(F)cc2)c(C)c1C. The number of benzene rings is 2. The van der Waals surface area contributed by atoms with Gasteiger partial charge >= 0.3 is 0 Å². The maximum absolute atomic E-state index is 12.9. The van der Waals surface area contributed by atoms with Gasteiger partial charge in [0.25, 0.3) is 0 Å². The zero-order valence-electron chi connectivity index (χ0n) is 14.9. The molecule has 2 nitrogen and oxygen atoms in total. The van der Waals surface area contributed by atoms with E-state index in [4.69, 9.17) is 0 Å². The van der Waals surface area contributed by atoms with Crippen molar-refractivity contribution in [2.45, 2.75) is 40.4 Å². The summed E-state index contributed by atoms with van der Waals surface area (Å²) in [6.45, 7) is 10.8. The Morgan fingerprint density at radius 1 is 0.917 bits per heavy atom. The van der Waals surface area contributed by atoms with Crippen LogP contribution < -0.4 is 5.32 Å². The molecule has 0 aliphatic heterocycles. The van der Waals surface area contributed by atoms with Crippen molar-refractivity contribution in [2.24, 2.45) is 0 Å². The second-order valence-corrected chi connectivity index (χ2v) is 7.14. The van der Waals surface area contributed by atoms with Gasteiger partial charge in [-0.1, -0.05) is 0 Å². The van der Waals surface area contributed by atoms with E-state index in [1.165, 1.54) is 45.5 Å². The second-order valence-electron chi connectivity index (χ2n) is 6.15. The van der Waals surface area contributed by atoms with Gasteiger partial charge in [0.2, 0.25) is 5.91 Å². The quantitative estimate of drug-likeness (QED) is 0.803. The molecule has 24 heavy (non-hydrogen) atoms. The van der Waals surface area contributed by atoms with E-state index in [-0.39, 0.29) is 11.7 Å². The van der Waals surface area contributed by atoms with Crippen LogP contribution in [0, 0.1) is 40.4 Å². The van der Waals surface area contributed by atoms with Gasteiger partial charge < -0.3 is 5.32 Å². The number of hydrogen-bond acceptors (Lipinski definition) is 2. The highest BCUT2D eigenvalue weighted by Crippen LogP contribution is 2.29. The Kier molecular flexibility index (Phi) is 6.05. The molecule has 1 N–H and O–H groups in total. The molecule has 128 valence electrons. The fourth-order valence-electron chi connectivity index (χ4n) is 2.77. The molecule has 1 amide bonds. The fraction of sp³-hybridized carbons (Fsp3) is 0.350. The van der Waals surface area contributed by atoms with Crippen molar-refractivity contribution >= 4 is 23.4 Å². The van der Waals surface area contributed by atoms with E-state index in [1.54, 1.807) is 23.9 Å². The predicted molar refractivity (Wildman–Crippen MR) is 101 cm³/mol. The molecule has 0 saturated carbocycles. The van der Waals surface area contributed by atoms with Crippen molar-refractivity contribution in [3.63, 3.8) is 0 Å². The highest BCUT2D eigenvalue weighted by molar-refractivity contribution is 7.99. The summed E-state index contributed by atoms with van der Waals surface area (Å²) in [5.74, 6) is 0.819. The van der Waals surface area contributed by atoms with Crippen molar-refractivity contribution in [3.05, 3.63) is 63.5 Å². The topological polar surface area (TPSA) is 29.1 Å². The molecule has 0 atom stereocenters. The van der Waals surface area contributed by atoms with Crippen LogP contribution in [0.4, 0.5) is 10.1 Å². The highest BCUT2D eigenvalue weighted by atomic mass is 32.2. The molecule has 0 heterocycles. The lowest BCUT2D eigenvalue weighted by molar-refractivity contribution is -0.113. The fourth-order valence-corrected chi connectivity index (χ4v) is 3.77. The second kappa shape index (κ2) is 7.84. The van der Waals surface area contributed by atoms with Gasteiger partial charge in [-0.05, 0) is 92.3 Å². The Labute approximate surface area is 147 Å². The summed E-state index contributed by atoms with van der Waals surface area (Å²) >= 11 is 1.60. The molecule has 0 unspecified atom stereocenters. The minimum absolute atomic E-state index is 0.0672. The van der Waals surface area contributed by atoms with Gasteiger partial charge in [0.05, 0.1) is 5.75 Å². The van der Waals surface area contributed by atoms with E-state index in [0.717, 1.165) is 5.75 Å². The van der Waals surface area contributed by atoms with E-state index in [1.807, 2.05) is 0 Å². The summed E-state index contributed by atoms with van der Waals surface area (Å²) < 4.78 is 12.9. The smallest absolute Gasteiger partial charge is 0.234 e. The van der Waals surface area contributed by atoms with Crippen LogP contribution in [0.1, 0.15) is 33.4 Å². The third-order valence-corrected chi connectivity index (χ3v) is 5.72. The molecule has 0 saturated heterocycles. The molecule has 2 aromatic carbocycles. The molecule has 2 rings (SSSR count). The van der Waals surface area contributed by atoms with Gasteiger partial charge in [0.1, 0.15) is 5.82 Å². The maximum atomic E-state index is 12.9. The average Bonchev–Trinajstić information content (AvgIpc) is 2.56. The zero-order chi connectivity index (χ0) is 17.9. The first kappa shape index (κ1) is 18.5. The van der Waals surface area contributed by atoms with Crippen molar-refractivity contribution < 1.29 is 9.18 Å². The lowest BCUT2D eigenvalue weighted by atomic mass is 9.90. The van der Waals surface area contributed by atoms with Crippen LogP contribution in [-0.2, 0) is 10.5 Å². The number of carbonyl (C=O) groups excluding carboxylic acids is 1. The van der Waals surface area contributed by atoms with Gasteiger partial charge in [-0.3, -0.25) is 4.79 Å². The summed E-state index contributed by atoms with van der Waals surface area (Å²) in [5, 5.41) is 2.79. The Morgan fingerprint density at radius 3 is 1.96 bits per heavy atom. The Hall–Kier alpha value is -1.81. The molecule has 0 bridgehead atoms. The van der Waals surface area contributed by atoms with Crippen molar-refractivity contribution in [1.82, 2.24) is 0 Å². The lowest BCUT2D eigenvalue weighted by Gasteiger charge is -2.18. The summed E-state index contributed by atoms with van der Waals surface area (Å²) in [6.07, 6.45) is 0. The van der Waals surface area contributed by atoms with Crippen molar-refractivity contribution in [2.75, 3.05) is 11.1 Å². The maximum Gasteiger partial charge on any atom is 0.234 e.